The Morgan fingerprint density at radius 3 is 2.37 bits per heavy atom. The molecular weight excluding hydrogens is 637 g/mol. The Kier molecular flexibility index (Phi) is 10.2. The number of hydrogen-bond donors (Lipinski definition) is 7. The first-order chi connectivity index (χ1) is 20.1. The summed E-state index contributed by atoms with van der Waals surface area (Å²) >= 11 is 0. The second-order valence-electron chi connectivity index (χ2n) is 9.37. The normalized spacial score (nSPS) is 24.7. The lowest BCUT2D eigenvalue weighted by Crippen LogP contribution is -2.33. The van der Waals surface area contributed by atoms with Gasteiger partial charge < -0.3 is 40.7 Å². The number of imidazole rings is 1. The molecule has 19 nitrogen and oxygen atoms in total. The number of benzene rings is 1. The molecule has 4 rings (SSSR count). The topological polar surface area (TPSA) is 288 Å². The molecule has 22 heteroatoms. The molecule has 3 heterocycles. The zero-order chi connectivity index (χ0) is 31.6. The number of phosphoric acid groups is 2. The average molecular weight is 666 g/mol. The molecule has 1 saturated heterocycles. The number of aliphatic hydroxyl groups excluding tert-OH is 2. The van der Waals surface area contributed by atoms with E-state index < -0.39 is 60.5 Å². The fraction of sp³-hybridized carbons (Fsp3) is 0.429. The van der Waals surface area contributed by atoms with Crippen LogP contribution in [0.1, 0.15) is 24.3 Å². The van der Waals surface area contributed by atoms with E-state index in [1.807, 2.05) is 0 Å². The monoisotopic (exact) mass is 666 g/mol. The first-order valence-electron chi connectivity index (χ1n) is 12.4. The third kappa shape index (κ3) is 8.73. The lowest BCUT2D eigenvalue weighted by Gasteiger charge is -2.20. The smallest absolute Gasteiger partial charge is 0.387 e. The maximum absolute atomic E-state index is 12.5. The molecule has 0 bridgehead atoms. The summed E-state index contributed by atoms with van der Waals surface area (Å²) in [7, 11) is -16.0. The van der Waals surface area contributed by atoms with Gasteiger partial charge in [-0.1, -0.05) is 24.3 Å². The summed E-state index contributed by atoms with van der Waals surface area (Å²) in [6.07, 6.45) is -3.91. The number of nitrogens with one attached hydrogen (secondary N) is 1. The van der Waals surface area contributed by atoms with Gasteiger partial charge in [0.2, 0.25) is 5.91 Å². The summed E-state index contributed by atoms with van der Waals surface area (Å²) < 4.78 is 57.0. The quantitative estimate of drug-likeness (QED) is 0.121. The number of ether oxygens (including phenoxy) is 1. The lowest BCUT2D eigenvalue weighted by atomic mass is 10.1. The van der Waals surface area contributed by atoms with E-state index in [-0.39, 0.29) is 28.5 Å². The number of aliphatic hydroxyl groups is 2. The highest BCUT2D eigenvalue weighted by molar-refractivity contribution is 7.68. The van der Waals surface area contributed by atoms with Gasteiger partial charge in [-0.25, -0.2) is 28.4 Å². The predicted molar refractivity (Wildman–Crippen MR) is 146 cm³/mol. The van der Waals surface area contributed by atoms with Crippen LogP contribution in [0.4, 0.5) is 5.82 Å². The fourth-order valence-corrected chi connectivity index (χ4v) is 8.25. The molecule has 7 unspecified atom stereocenters. The molecule has 0 spiro atoms. The van der Waals surface area contributed by atoms with Gasteiger partial charge in [-0.05, 0) is 17.5 Å². The second-order valence-corrected chi connectivity index (χ2v) is 14.4. The number of carbonyl (C=O) groups is 1. The lowest BCUT2D eigenvalue weighted by molar-refractivity contribution is -0.118. The number of hydrogen-bond acceptors (Lipinski definition) is 14. The summed E-state index contributed by atoms with van der Waals surface area (Å²) in [5.41, 5.74) is 7.12. The number of nitrogens with zero attached hydrogens (tertiary/aromatic N) is 4. The SMILES string of the molecule is CC(=O)NCCc1ccc(CP(=O)(O)OP(=O)(O)OP(=O)(O)OCC2OC(n3cnc4c(N)ncnc43)C(O)C2O)cc1. The van der Waals surface area contributed by atoms with Gasteiger partial charge in [-0.3, -0.25) is 18.5 Å². The van der Waals surface area contributed by atoms with Crippen molar-refractivity contribution in [1.82, 2.24) is 24.8 Å². The molecule has 3 aromatic rings. The van der Waals surface area contributed by atoms with E-state index >= 15 is 0 Å². The molecule has 8 N–H and O–H groups in total. The molecule has 1 amide bonds. The van der Waals surface area contributed by atoms with Crippen molar-refractivity contribution in [2.45, 2.75) is 44.0 Å². The number of amides is 1. The Morgan fingerprint density at radius 2 is 1.70 bits per heavy atom. The summed E-state index contributed by atoms with van der Waals surface area (Å²) in [6.45, 7) is 0.822. The molecule has 43 heavy (non-hydrogen) atoms. The number of nitrogen functional groups attached to an aromatic ring is 1. The van der Waals surface area contributed by atoms with E-state index in [1.54, 1.807) is 12.1 Å². The molecule has 0 saturated carbocycles. The molecule has 0 radical (unpaired) electrons. The van der Waals surface area contributed by atoms with Crippen LogP contribution in [0.5, 0.6) is 0 Å². The van der Waals surface area contributed by atoms with E-state index in [0.29, 0.717) is 13.0 Å². The third-order valence-corrected chi connectivity index (χ3v) is 10.8. The van der Waals surface area contributed by atoms with Crippen molar-refractivity contribution in [3.8, 4) is 0 Å². The average Bonchev–Trinajstić information content (AvgIpc) is 3.44. The van der Waals surface area contributed by atoms with Crippen LogP contribution in [0.25, 0.3) is 11.2 Å². The number of fused-ring (bicyclic) bond motifs is 1. The first-order valence-corrected chi connectivity index (χ1v) is 17.1. The molecule has 7 atom stereocenters. The van der Waals surface area contributed by atoms with Crippen LogP contribution in [-0.4, -0.2) is 81.8 Å². The van der Waals surface area contributed by atoms with E-state index in [1.165, 1.54) is 30.0 Å². The first kappa shape index (κ1) is 33.3. The number of rotatable bonds is 13. The molecule has 1 aliphatic heterocycles. The molecule has 236 valence electrons. The van der Waals surface area contributed by atoms with Crippen molar-refractivity contribution in [3.05, 3.63) is 48.0 Å². The maximum Gasteiger partial charge on any atom is 0.488 e. The number of phosphoric ester groups is 1. The van der Waals surface area contributed by atoms with Crippen LogP contribution in [0.2, 0.25) is 0 Å². The predicted octanol–water partition coefficient (Wildman–Crippen LogP) is 0.342. The van der Waals surface area contributed by atoms with Crippen LogP contribution in [0, 0.1) is 0 Å². The molecule has 2 aromatic heterocycles. The van der Waals surface area contributed by atoms with E-state index in [2.05, 4.69) is 33.4 Å². The molecular formula is C21H29N6O13P3. The Labute approximate surface area is 243 Å². The fourth-order valence-electron chi connectivity index (χ4n) is 4.10. The summed E-state index contributed by atoms with van der Waals surface area (Å²) in [4.78, 5) is 52.7. The zero-order valence-electron chi connectivity index (χ0n) is 22.3. The van der Waals surface area contributed by atoms with Crippen molar-refractivity contribution in [2.24, 2.45) is 0 Å². The van der Waals surface area contributed by atoms with E-state index in [9.17, 15) is 43.4 Å². The standard InChI is InChI=1S/C21H29N6O13P3/c1-12(28)23-7-6-13-2-4-14(5-3-13)9-41(31,32)39-43(35,36)40-42(33,34)37-8-15-17(29)18(30)21(38-15)27-11-26-16-19(22)24-10-25-20(16)27/h2-5,10-11,15,17-18,21,29-30H,6-9H2,1H3,(H,23,28)(H,31,32)(H,33,34)(H,35,36)(H2,22,24,25). The number of aromatic nitrogens is 4. The summed E-state index contributed by atoms with van der Waals surface area (Å²) in [5, 5.41) is 23.5. The summed E-state index contributed by atoms with van der Waals surface area (Å²) in [6, 6.07) is 6.14. The van der Waals surface area contributed by atoms with Crippen molar-refractivity contribution >= 4 is 46.1 Å². The van der Waals surface area contributed by atoms with E-state index in [0.717, 1.165) is 11.9 Å². The Balaban J connectivity index is 1.32. The minimum atomic E-state index is -5.66. The highest BCUT2D eigenvalue weighted by atomic mass is 31.3. The van der Waals surface area contributed by atoms with Crippen LogP contribution in [0.15, 0.2) is 36.9 Å². The van der Waals surface area contributed by atoms with Crippen molar-refractivity contribution in [2.75, 3.05) is 18.9 Å². The van der Waals surface area contributed by atoms with Gasteiger partial charge in [0.25, 0.3) is 0 Å². The summed E-state index contributed by atoms with van der Waals surface area (Å²) in [5.74, 6) is -0.145. The van der Waals surface area contributed by atoms with Crippen LogP contribution in [0.3, 0.4) is 0 Å². The largest absolute Gasteiger partial charge is 0.488 e. The maximum atomic E-state index is 12.5. The van der Waals surface area contributed by atoms with Gasteiger partial charge in [0.15, 0.2) is 17.7 Å². The number of nitrogens with two attached hydrogens (primary N) is 1. The van der Waals surface area contributed by atoms with Crippen LogP contribution < -0.4 is 11.1 Å². The van der Waals surface area contributed by atoms with Gasteiger partial charge in [0.1, 0.15) is 30.2 Å². The minimum Gasteiger partial charge on any atom is -0.387 e. The van der Waals surface area contributed by atoms with Gasteiger partial charge in [-0.15, -0.1) is 0 Å². The second kappa shape index (κ2) is 13.2. The van der Waals surface area contributed by atoms with Crippen LogP contribution >= 0.6 is 23.2 Å². The Bertz CT molecular complexity index is 1610. The molecule has 1 aliphatic rings. The zero-order valence-corrected chi connectivity index (χ0v) is 25.0. The highest BCUT2D eigenvalue weighted by Crippen LogP contribution is 2.68. The van der Waals surface area contributed by atoms with Crippen molar-refractivity contribution in [3.63, 3.8) is 0 Å². The van der Waals surface area contributed by atoms with Gasteiger partial charge in [-0.2, -0.15) is 4.31 Å². The number of anilines is 1. The highest BCUT2D eigenvalue weighted by Gasteiger charge is 2.47. The van der Waals surface area contributed by atoms with Crippen LogP contribution in [-0.2, 0) is 49.0 Å². The van der Waals surface area contributed by atoms with Gasteiger partial charge >= 0.3 is 23.2 Å². The molecule has 1 aromatic carbocycles. The van der Waals surface area contributed by atoms with Crippen molar-refractivity contribution in [1.29, 1.82) is 0 Å². The van der Waals surface area contributed by atoms with E-state index in [4.69, 9.17) is 10.5 Å². The number of carbonyl (C=O) groups excluding carboxylic acids is 1. The Hall–Kier alpha value is -2.63. The van der Waals surface area contributed by atoms with Crippen molar-refractivity contribution < 1.29 is 61.3 Å². The minimum absolute atomic E-state index is 0.0475. The molecule has 1 fully saturated rings. The third-order valence-electron chi connectivity index (χ3n) is 6.03. The van der Waals surface area contributed by atoms with Gasteiger partial charge in [0.05, 0.1) is 19.1 Å². The van der Waals surface area contributed by atoms with Gasteiger partial charge in [0, 0.05) is 13.5 Å². The molecule has 0 aliphatic carbocycles. The Morgan fingerprint density at radius 1 is 1.02 bits per heavy atom.